The van der Waals surface area contributed by atoms with Crippen LogP contribution in [0.1, 0.15) is 49.3 Å². The Hall–Kier alpha value is -1.63. The second kappa shape index (κ2) is 10.6. The van der Waals surface area contributed by atoms with Crippen LogP contribution in [0.4, 0.5) is 0 Å². The third-order valence-electron chi connectivity index (χ3n) is 7.00. The molecule has 1 aromatic rings. The van der Waals surface area contributed by atoms with Crippen LogP contribution in [-0.2, 0) is 4.74 Å². The number of aryl methyl sites for hydroxylation is 1. The number of benzene rings is 1. The van der Waals surface area contributed by atoms with Gasteiger partial charge in [0.1, 0.15) is 0 Å². The molecule has 2 saturated heterocycles. The molecule has 2 N–H and O–H groups in total. The number of likely N-dealkylation sites (tertiary alicyclic amines) is 1. The lowest BCUT2D eigenvalue weighted by Crippen LogP contribution is -2.49. The molecule has 2 unspecified atom stereocenters. The van der Waals surface area contributed by atoms with Crippen LogP contribution >= 0.6 is 0 Å². The molecule has 1 aliphatic carbocycles. The van der Waals surface area contributed by atoms with Gasteiger partial charge in [0.15, 0.2) is 5.96 Å². The van der Waals surface area contributed by atoms with E-state index < -0.39 is 0 Å². The fraction of sp³-hybridized carbons (Fsp3) is 0.708. The first-order valence-corrected chi connectivity index (χ1v) is 11.8. The summed E-state index contributed by atoms with van der Waals surface area (Å²) in [6.45, 7) is 8.97. The number of hydrogen-bond acceptors (Lipinski definition) is 4. The number of aliphatic imine (C=N–C) groups is 1. The zero-order chi connectivity index (χ0) is 20.8. The molecule has 0 spiro atoms. The molecule has 2 aliphatic heterocycles. The van der Waals surface area contributed by atoms with Crippen LogP contribution in [0, 0.1) is 6.92 Å². The molecule has 0 amide bonds. The van der Waals surface area contributed by atoms with E-state index in [9.17, 15) is 0 Å². The summed E-state index contributed by atoms with van der Waals surface area (Å²) in [5.41, 5.74) is 2.68. The zero-order valence-corrected chi connectivity index (χ0v) is 18.8. The van der Waals surface area contributed by atoms with Crippen LogP contribution in [-0.4, -0.2) is 80.8 Å². The molecule has 2 heterocycles. The van der Waals surface area contributed by atoms with Crippen molar-refractivity contribution in [1.82, 2.24) is 20.4 Å². The standard InChI is InChI=1S/C24H39N5O/c1-19-6-5-7-20(16-19)23(28-12-14-30-15-13-28)17-26-24(25-2)27-21-10-11-29(18-21)22-8-3-4-9-22/h5-7,16,21-23H,3-4,8-15,17-18H2,1-2H3,(H2,25,26,27). The first-order chi connectivity index (χ1) is 14.7. The van der Waals surface area contributed by atoms with Crippen molar-refractivity contribution in [2.75, 3.05) is 53.0 Å². The molecule has 166 valence electrons. The summed E-state index contributed by atoms with van der Waals surface area (Å²) in [6, 6.07) is 10.5. The number of ether oxygens (including phenoxy) is 1. The summed E-state index contributed by atoms with van der Waals surface area (Å²) in [4.78, 5) is 9.77. The quantitative estimate of drug-likeness (QED) is 0.555. The van der Waals surface area contributed by atoms with Gasteiger partial charge in [0, 0.05) is 51.9 Å². The Morgan fingerprint density at radius 2 is 1.97 bits per heavy atom. The molecule has 2 atom stereocenters. The highest BCUT2D eigenvalue weighted by atomic mass is 16.5. The van der Waals surface area contributed by atoms with Gasteiger partial charge in [-0.05, 0) is 31.7 Å². The van der Waals surface area contributed by atoms with Crippen molar-refractivity contribution >= 4 is 5.96 Å². The maximum Gasteiger partial charge on any atom is 0.191 e. The predicted octanol–water partition coefficient (Wildman–Crippen LogP) is 2.55. The van der Waals surface area contributed by atoms with Crippen LogP contribution in [0.3, 0.4) is 0 Å². The minimum absolute atomic E-state index is 0.325. The number of morpholine rings is 1. The highest BCUT2D eigenvalue weighted by Crippen LogP contribution is 2.26. The molecule has 1 saturated carbocycles. The van der Waals surface area contributed by atoms with E-state index in [-0.39, 0.29) is 0 Å². The van der Waals surface area contributed by atoms with Crippen LogP contribution in [0.2, 0.25) is 0 Å². The maximum absolute atomic E-state index is 5.59. The summed E-state index contributed by atoms with van der Waals surface area (Å²) < 4.78 is 5.59. The molecule has 30 heavy (non-hydrogen) atoms. The molecule has 3 aliphatic rings. The topological polar surface area (TPSA) is 52.1 Å². The van der Waals surface area contributed by atoms with E-state index in [0.29, 0.717) is 12.1 Å². The number of rotatable bonds is 6. The van der Waals surface area contributed by atoms with Crippen molar-refractivity contribution < 1.29 is 4.74 Å². The van der Waals surface area contributed by atoms with E-state index in [0.717, 1.165) is 51.4 Å². The molecule has 0 bridgehead atoms. The van der Waals surface area contributed by atoms with Crippen molar-refractivity contribution in [2.24, 2.45) is 4.99 Å². The number of nitrogens with zero attached hydrogens (tertiary/aromatic N) is 3. The lowest BCUT2D eigenvalue weighted by atomic mass is 10.0. The van der Waals surface area contributed by atoms with Gasteiger partial charge in [-0.2, -0.15) is 0 Å². The van der Waals surface area contributed by atoms with Gasteiger partial charge in [0.25, 0.3) is 0 Å². The van der Waals surface area contributed by atoms with Gasteiger partial charge in [0.2, 0.25) is 0 Å². The summed E-state index contributed by atoms with van der Waals surface area (Å²) in [7, 11) is 1.88. The molecule has 6 nitrogen and oxygen atoms in total. The van der Waals surface area contributed by atoms with Gasteiger partial charge in [0.05, 0.1) is 19.3 Å². The van der Waals surface area contributed by atoms with E-state index in [2.05, 4.69) is 56.6 Å². The van der Waals surface area contributed by atoms with Crippen molar-refractivity contribution in [2.45, 2.75) is 57.2 Å². The average Bonchev–Trinajstić information content (AvgIpc) is 3.46. The Bertz CT molecular complexity index is 697. The molecule has 6 heteroatoms. The Morgan fingerprint density at radius 3 is 2.70 bits per heavy atom. The monoisotopic (exact) mass is 413 g/mol. The molecule has 4 rings (SSSR count). The largest absolute Gasteiger partial charge is 0.379 e. The third-order valence-corrected chi connectivity index (χ3v) is 7.00. The van der Waals surface area contributed by atoms with Crippen LogP contribution in [0.25, 0.3) is 0 Å². The van der Waals surface area contributed by atoms with Crippen LogP contribution < -0.4 is 10.6 Å². The van der Waals surface area contributed by atoms with Crippen molar-refractivity contribution in [3.8, 4) is 0 Å². The van der Waals surface area contributed by atoms with Gasteiger partial charge < -0.3 is 15.4 Å². The molecule has 3 fully saturated rings. The van der Waals surface area contributed by atoms with Crippen molar-refractivity contribution in [3.63, 3.8) is 0 Å². The van der Waals surface area contributed by atoms with Gasteiger partial charge in [-0.3, -0.25) is 14.8 Å². The summed E-state index contributed by atoms with van der Waals surface area (Å²) in [5, 5.41) is 7.33. The van der Waals surface area contributed by atoms with Gasteiger partial charge in [-0.25, -0.2) is 0 Å². The lowest BCUT2D eigenvalue weighted by molar-refractivity contribution is 0.0170. The number of hydrogen-bond donors (Lipinski definition) is 2. The Balaban J connectivity index is 1.34. The number of nitrogens with one attached hydrogen (secondary N) is 2. The van der Waals surface area contributed by atoms with Gasteiger partial charge in [-0.15, -0.1) is 0 Å². The first-order valence-electron chi connectivity index (χ1n) is 11.8. The lowest BCUT2D eigenvalue weighted by Gasteiger charge is -2.35. The van der Waals surface area contributed by atoms with Crippen molar-refractivity contribution in [3.05, 3.63) is 35.4 Å². The zero-order valence-electron chi connectivity index (χ0n) is 18.8. The maximum atomic E-state index is 5.59. The minimum atomic E-state index is 0.325. The van der Waals surface area contributed by atoms with E-state index in [1.165, 1.54) is 49.8 Å². The van der Waals surface area contributed by atoms with Gasteiger partial charge in [-0.1, -0.05) is 42.7 Å². The second-order valence-electron chi connectivity index (χ2n) is 9.09. The molecular weight excluding hydrogens is 374 g/mol. The SMILES string of the molecule is CN=C(NCC(c1cccc(C)c1)N1CCOCC1)NC1CCN(C2CCCC2)C1. The fourth-order valence-corrected chi connectivity index (χ4v) is 5.31. The minimum Gasteiger partial charge on any atom is -0.379 e. The van der Waals surface area contributed by atoms with E-state index in [4.69, 9.17) is 4.74 Å². The second-order valence-corrected chi connectivity index (χ2v) is 9.09. The van der Waals surface area contributed by atoms with E-state index in [1.54, 1.807) is 0 Å². The predicted molar refractivity (Wildman–Crippen MR) is 123 cm³/mol. The summed E-state index contributed by atoms with van der Waals surface area (Å²) in [5.74, 6) is 0.930. The summed E-state index contributed by atoms with van der Waals surface area (Å²) in [6.07, 6.45) is 6.80. The fourth-order valence-electron chi connectivity index (χ4n) is 5.31. The summed E-state index contributed by atoms with van der Waals surface area (Å²) >= 11 is 0. The van der Waals surface area contributed by atoms with E-state index in [1.807, 2.05) is 7.05 Å². The molecule has 1 aromatic carbocycles. The molecular formula is C24H39N5O. The number of guanidine groups is 1. The highest BCUT2D eigenvalue weighted by molar-refractivity contribution is 5.80. The third kappa shape index (κ3) is 5.54. The van der Waals surface area contributed by atoms with Crippen LogP contribution in [0.5, 0.6) is 0 Å². The van der Waals surface area contributed by atoms with E-state index >= 15 is 0 Å². The Morgan fingerprint density at radius 1 is 1.17 bits per heavy atom. The van der Waals surface area contributed by atoms with Gasteiger partial charge >= 0.3 is 0 Å². The average molecular weight is 414 g/mol. The molecule has 0 radical (unpaired) electrons. The van der Waals surface area contributed by atoms with Crippen molar-refractivity contribution in [1.29, 1.82) is 0 Å². The van der Waals surface area contributed by atoms with Crippen LogP contribution in [0.15, 0.2) is 29.3 Å². The smallest absolute Gasteiger partial charge is 0.191 e. The highest BCUT2D eigenvalue weighted by Gasteiger charge is 2.30. The Kier molecular flexibility index (Phi) is 7.63. The normalized spacial score (nSPS) is 25.5. The first kappa shape index (κ1) is 21.6. The molecule has 0 aromatic heterocycles. The Labute approximate surface area is 182 Å².